The second-order valence-electron chi connectivity index (χ2n) is 8.14. The topological polar surface area (TPSA) is 0 Å². The molecule has 0 nitrogen and oxygen atoms in total. The second kappa shape index (κ2) is 26.0. The molecule has 0 spiro atoms. The summed E-state index contributed by atoms with van der Waals surface area (Å²) in [5.41, 5.74) is 0. The third-order valence-corrected chi connectivity index (χ3v) is 8.33. The van der Waals surface area contributed by atoms with Crippen LogP contribution in [0.5, 0.6) is 0 Å². The summed E-state index contributed by atoms with van der Waals surface area (Å²) in [6, 6.07) is 0. The molecule has 0 radical (unpaired) electrons. The van der Waals surface area contributed by atoms with Crippen LogP contribution in [-0.2, 0) is 0 Å². The number of hydrogen-bond acceptors (Lipinski definition) is 0. The largest absolute Gasteiger partial charge is 0.187 e. The molecule has 0 aliphatic rings. The van der Waals surface area contributed by atoms with E-state index in [1.54, 1.807) is 18.5 Å². The smallest absolute Gasteiger partial charge is 0.107 e. The molecule has 0 fully saturated rings. The minimum Gasteiger partial charge on any atom is -0.107 e. The molecule has 0 aromatic carbocycles. The fraction of sp³-hybridized carbons (Fsp3) is 1.00. The van der Waals surface area contributed by atoms with Crippen LogP contribution < -0.4 is 0 Å². The summed E-state index contributed by atoms with van der Waals surface area (Å²) in [5, 5.41) is 0. The zero-order valence-corrected chi connectivity index (χ0v) is 19.2. The first-order valence-corrected chi connectivity index (χ1v) is 14.0. The Kier molecular flexibility index (Phi) is 29.1. The molecule has 0 saturated carbocycles. The Labute approximate surface area is 180 Å². The lowest BCUT2D eigenvalue weighted by Crippen LogP contribution is -1.97. The first kappa shape index (κ1) is 29.2. The van der Waals surface area contributed by atoms with Gasteiger partial charge in [0.05, 0.1) is 0 Å². The Bertz CT molecular complexity index is 194. The Morgan fingerprint density at radius 3 is 0.846 bits per heavy atom. The van der Waals surface area contributed by atoms with Gasteiger partial charge in [-0.2, -0.15) is 0 Å². The van der Waals surface area contributed by atoms with E-state index in [2.05, 4.69) is 20.8 Å². The summed E-state index contributed by atoms with van der Waals surface area (Å²) in [4.78, 5) is 0. The monoisotopic (exact) mass is 400 g/mol. The van der Waals surface area contributed by atoms with Crippen molar-refractivity contribution in [3.63, 3.8) is 0 Å². The highest BCUT2D eigenvalue weighted by Crippen LogP contribution is 2.39. The average Bonchev–Trinajstić information content (AvgIpc) is 2.63. The molecule has 0 unspecified atom stereocenters. The fourth-order valence-corrected chi connectivity index (χ4v) is 6.37. The number of unbranched alkanes of at least 4 members (excludes halogenated alkanes) is 15. The first-order valence-electron chi connectivity index (χ1n) is 12.1. The molecule has 0 bridgehead atoms. The van der Waals surface area contributed by atoms with E-state index >= 15 is 0 Å². The van der Waals surface area contributed by atoms with Crippen LogP contribution in [-0.4, -0.2) is 35.8 Å². The molecule has 0 amide bonds. The molecule has 2 heteroatoms. The molecule has 0 N–H and O–H groups in total. The highest BCUT2D eigenvalue weighted by atomic mass is 31.1. The van der Waals surface area contributed by atoms with Crippen LogP contribution in [0.15, 0.2) is 0 Å². The summed E-state index contributed by atoms with van der Waals surface area (Å²) in [6.07, 6.45) is 31.2. The molecule has 26 heavy (non-hydrogen) atoms. The molecule has 158 valence electrons. The molecule has 0 aliphatic heterocycles. The van der Waals surface area contributed by atoms with Gasteiger partial charge in [0.2, 0.25) is 0 Å². The van der Waals surface area contributed by atoms with Crippen LogP contribution in [0.25, 0.3) is 0 Å². The maximum atomic E-state index is 2.32. The third-order valence-electron chi connectivity index (χ3n) is 5.48. The number of hydrogen-bond donors (Lipinski definition) is 0. The van der Waals surface area contributed by atoms with Crippen LogP contribution in [0.2, 0.25) is 0 Å². The van der Waals surface area contributed by atoms with Crippen molar-refractivity contribution in [3.05, 3.63) is 0 Å². The van der Waals surface area contributed by atoms with Crippen molar-refractivity contribution >= 4 is 25.3 Å². The Morgan fingerprint density at radius 1 is 0.346 bits per heavy atom. The van der Waals surface area contributed by atoms with Crippen molar-refractivity contribution in [2.45, 2.75) is 136 Å². The van der Waals surface area contributed by atoms with Gasteiger partial charge in [-0.15, -0.1) is 7.92 Å². The van der Waals surface area contributed by atoms with Gasteiger partial charge in [0.1, 0.15) is 0 Å². The molecular formula is C24H54AlP. The highest BCUT2D eigenvalue weighted by molar-refractivity contribution is 7.57. The van der Waals surface area contributed by atoms with E-state index in [9.17, 15) is 0 Å². The molecule has 0 aromatic heterocycles. The molecule has 0 heterocycles. The molecule has 0 aromatic rings. The van der Waals surface area contributed by atoms with Gasteiger partial charge in [0.25, 0.3) is 0 Å². The van der Waals surface area contributed by atoms with E-state index < -0.39 is 0 Å². The highest BCUT2D eigenvalue weighted by Gasteiger charge is 2.07. The molecule has 0 atom stereocenters. The van der Waals surface area contributed by atoms with Crippen LogP contribution in [0.1, 0.15) is 136 Å². The Hall–Kier alpha value is 0.962. The second-order valence-corrected chi connectivity index (χ2v) is 10.8. The summed E-state index contributed by atoms with van der Waals surface area (Å²) >= 11 is 0. The standard InChI is InChI=1S/C24H51P.Al.3H/c1-4-7-10-13-16-19-22-25(23-20-17-14-11-8-5-2)24-21-18-15-12-9-6-3;;;;/h4-24H2,1-3H3;;;;. The van der Waals surface area contributed by atoms with Gasteiger partial charge in [-0.1, -0.05) is 117 Å². The van der Waals surface area contributed by atoms with Gasteiger partial charge in [0, 0.05) is 0 Å². The van der Waals surface area contributed by atoms with Crippen LogP contribution in [0.3, 0.4) is 0 Å². The predicted molar refractivity (Wildman–Crippen MR) is 132 cm³/mol. The van der Waals surface area contributed by atoms with Crippen LogP contribution >= 0.6 is 7.92 Å². The first-order chi connectivity index (χ1) is 12.3. The summed E-state index contributed by atoms with van der Waals surface area (Å²) in [7, 11) is 0.366. The maximum absolute atomic E-state index is 2.32. The van der Waals surface area contributed by atoms with Crippen LogP contribution in [0.4, 0.5) is 0 Å². The lowest BCUT2D eigenvalue weighted by molar-refractivity contribution is 0.617. The quantitative estimate of drug-likeness (QED) is 0.103. The fourth-order valence-electron chi connectivity index (χ4n) is 3.68. The van der Waals surface area contributed by atoms with Crippen molar-refractivity contribution in [1.29, 1.82) is 0 Å². The van der Waals surface area contributed by atoms with Gasteiger partial charge in [-0.3, -0.25) is 0 Å². The van der Waals surface area contributed by atoms with E-state index in [1.165, 1.54) is 116 Å². The van der Waals surface area contributed by atoms with Gasteiger partial charge in [-0.05, 0) is 37.7 Å². The zero-order chi connectivity index (χ0) is 18.4. The minimum absolute atomic E-state index is 0. The lowest BCUT2D eigenvalue weighted by atomic mass is 10.1. The number of rotatable bonds is 21. The van der Waals surface area contributed by atoms with E-state index in [1.807, 2.05) is 0 Å². The van der Waals surface area contributed by atoms with E-state index in [0.717, 1.165) is 0 Å². The van der Waals surface area contributed by atoms with E-state index in [0.29, 0.717) is 7.92 Å². The van der Waals surface area contributed by atoms with Crippen molar-refractivity contribution in [2.75, 3.05) is 18.5 Å². The van der Waals surface area contributed by atoms with Gasteiger partial charge < -0.3 is 0 Å². The van der Waals surface area contributed by atoms with E-state index in [-0.39, 0.29) is 17.4 Å². The maximum Gasteiger partial charge on any atom is 0.187 e. The van der Waals surface area contributed by atoms with Crippen LogP contribution in [0, 0.1) is 0 Å². The van der Waals surface area contributed by atoms with Gasteiger partial charge in [0.15, 0.2) is 17.4 Å². The van der Waals surface area contributed by atoms with Crippen molar-refractivity contribution in [2.24, 2.45) is 0 Å². The minimum atomic E-state index is 0. The predicted octanol–water partition coefficient (Wildman–Crippen LogP) is 8.37. The molecule has 0 rings (SSSR count). The van der Waals surface area contributed by atoms with E-state index in [4.69, 9.17) is 0 Å². The molecular weight excluding hydrogens is 346 g/mol. The van der Waals surface area contributed by atoms with Crippen molar-refractivity contribution < 1.29 is 0 Å². The molecule has 0 aliphatic carbocycles. The summed E-state index contributed by atoms with van der Waals surface area (Å²) < 4.78 is 0. The Morgan fingerprint density at radius 2 is 0.577 bits per heavy atom. The van der Waals surface area contributed by atoms with Crippen molar-refractivity contribution in [3.8, 4) is 0 Å². The third kappa shape index (κ3) is 23.0. The van der Waals surface area contributed by atoms with Gasteiger partial charge >= 0.3 is 0 Å². The lowest BCUT2D eigenvalue weighted by Gasteiger charge is -2.18. The normalized spacial score (nSPS) is 11.1. The molecule has 0 saturated heterocycles. The average molecular weight is 401 g/mol. The Balaban J connectivity index is 0. The summed E-state index contributed by atoms with van der Waals surface area (Å²) in [5.74, 6) is 0. The summed E-state index contributed by atoms with van der Waals surface area (Å²) in [6.45, 7) is 6.96. The zero-order valence-electron chi connectivity index (χ0n) is 18.3. The van der Waals surface area contributed by atoms with Gasteiger partial charge in [-0.25, -0.2) is 0 Å². The van der Waals surface area contributed by atoms with Crippen molar-refractivity contribution in [1.82, 2.24) is 0 Å². The SMILES string of the molecule is CCCCCCCCP(CCCCCCCC)CCCCCCCC.[AlH3].